The first-order chi connectivity index (χ1) is 23.3. The van der Waals surface area contributed by atoms with E-state index in [9.17, 15) is 19.2 Å². The first-order valence-electron chi connectivity index (χ1n) is 16.0. The number of hydrogen-bond acceptors (Lipinski definition) is 6. The Kier molecular flexibility index (Phi) is 13.7. The Morgan fingerprint density at radius 3 is 1.75 bits per heavy atom. The fraction of sp³-hybridized carbons (Fsp3) is 0.263. The van der Waals surface area contributed by atoms with E-state index in [0.717, 1.165) is 27.8 Å². The lowest BCUT2D eigenvalue weighted by Crippen LogP contribution is -2.56. The van der Waals surface area contributed by atoms with Crippen LogP contribution in [0.4, 0.5) is 0 Å². The fourth-order valence-corrected chi connectivity index (χ4v) is 5.04. The molecule has 0 spiro atoms. The average molecular weight is 650 g/mol. The van der Waals surface area contributed by atoms with Gasteiger partial charge in [-0.15, -0.1) is 0 Å². The molecule has 0 aliphatic rings. The molecular formula is C38H43N5O5. The van der Waals surface area contributed by atoms with E-state index < -0.39 is 23.9 Å². The van der Waals surface area contributed by atoms with Crippen LogP contribution in [0.2, 0.25) is 0 Å². The van der Waals surface area contributed by atoms with Crippen molar-refractivity contribution in [3.63, 3.8) is 0 Å². The van der Waals surface area contributed by atoms with Crippen LogP contribution in [0.15, 0.2) is 109 Å². The van der Waals surface area contributed by atoms with Crippen LogP contribution in [0.3, 0.4) is 0 Å². The molecule has 10 nitrogen and oxygen atoms in total. The van der Waals surface area contributed by atoms with Crippen molar-refractivity contribution < 1.29 is 23.9 Å². The monoisotopic (exact) mass is 649 g/mol. The lowest BCUT2D eigenvalue weighted by molar-refractivity contribution is -0.132. The van der Waals surface area contributed by atoms with E-state index in [0.29, 0.717) is 18.9 Å². The van der Waals surface area contributed by atoms with E-state index in [-0.39, 0.29) is 44.2 Å². The first-order valence-corrected chi connectivity index (χ1v) is 16.0. The number of amides is 4. The smallest absolute Gasteiger partial charge is 0.243 e. The minimum Gasteiger partial charge on any atom is -0.494 e. The van der Waals surface area contributed by atoms with Crippen molar-refractivity contribution >= 4 is 23.6 Å². The van der Waals surface area contributed by atoms with Gasteiger partial charge in [0, 0.05) is 25.9 Å². The van der Waals surface area contributed by atoms with Crippen LogP contribution in [0.25, 0.3) is 0 Å². The van der Waals surface area contributed by atoms with Gasteiger partial charge in [-0.1, -0.05) is 97.1 Å². The van der Waals surface area contributed by atoms with Crippen molar-refractivity contribution in [3.8, 4) is 5.75 Å². The van der Waals surface area contributed by atoms with E-state index in [4.69, 9.17) is 10.5 Å². The molecule has 10 heteroatoms. The molecule has 0 aliphatic heterocycles. The Hall–Kier alpha value is -5.48. The molecule has 4 amide bonds. The molecule has 0 aromatic heterocycles. The summed E-state index contributed by atoms with van der Waals surface area (Å²) in [6.07, 6.45) is 0.510. The summed E-state index contributed by atoms with van der Waals surface area (Å²) >= 11 is 0. The van der Waals surface area contributed by atoms with Gasteiger partial charge in [0.25, 0.3) is 0 Å². The Balaban J connectivity index is 1.46. The van der Waals surface area contributed by atoms with Crippen LogP contribution in [0.1, 0.15) is 34.7 Å². The second kappa shape index (κ2) is 18.6. The summed E-state index contributed by atoms with van der Waals surface area (Å²) in [5.74, 6) is -1.07. The van der Waals surface area contributed by atoms with Crippen LogP contribution in [-0.4, -0.2) is 48.9 Å². The lowest BCUT2D eigenvalue weighted by Gasteiger charge is -2.24. The standard InChI is InChI=1S/C38H43N5O5/c1-2-48-32-19-17-29(18-20-32)22-34(42-36(45)26-40-35(44)23-28-11-7-4-8-12-28)38(47)43-33(21-27-9-5-3-6-10-27)37(46)41-25-31-15-13-30(24-39)14-16-31/h3-20,33-34H,2,21-26,39H2,1H3,(H,40,44)(H,41,46)(H,42,45)(H,43,47). The molecule has 0 saturated heterocycles. The molecule has 0 saturated carbocycles. The molecule has 0 bridgehead atoms. The van der Waals surface area contributed by atoms with Gasteiger partial charge in [-0.3, -0.25) is 19.2 Å². The minimum absolute atomic E-state index is 0.123. The molecule has 0 radical (unpaired) electrons. The van der Waals surface area contributed by atoms with Gasteiger partial charge in [-0.2, -0.15) is 0 Å². The SMILES string of the molecule is CCOc1ccc(CC(NC(=O)CNC(=O)Cc2ccccc2)C(=O)NC(Cc2ccccc2)C(=O)NCc2ccc(CN)cc2)cc1. The number of carbonyl (C=O) groups excluding carboxylic acids is 4. The summed E-state index contributed by atoms with van der Waals surface area (Å²) in [5, 5.41) is 11.2. The van der Waals surface area contributed by atoms with Gasteiger partial charge in [0.1, 0.15) is 17.8 Å². The summed E-state index contributed by atoms with van der Waals surface area (Å²) in [6.45, 7) is 2.78. The fourth-order valence-electron chi connectivity index (χ4n) is 5.04. The van der Waals surface area contributed by atoms with Crippen molar-refractivity contribution in [2.45, 2.75) is 51.4 Å². The van der Waals surface area contributed by atoms with Crippen LogP contribution < -0.4 is 31.7 Å². The van der Waals surface area contributed by atoms with Crippen molar-refractivity contribution in [1.82, 2.24) is 21.3 Å². The van der Waals surface area contributed by atoms with Gasteiger partial charge in [0.15, 0.2) is 0 Å². The molecule has 0 heterocycles. The highest BCUT2D eigenvalue weighted by molar-refractivity contribution is 5.93. The van der Waals surface area contributed by atoms with Gasteiger partial charge in [-0.25, -0.2) is 0 Å². The molecular weight excluding hydrogens is 606 g/mol. The summed E-state index contributed by atoms with van der Waals surface area (Å²) in [4.78, 5) is 52.9. The highest BCUT2D eigenvalue weighted by Gasteiger charge is 2.27. The first kappa shape index (κ1) is 35.4. The maximum atomic E-state index is 13.9. The van der Waals surface area contributed by atoms with Crippen LogP contribution in [-0.2, 0) is 51.5 Å². The van der Waals surface area contributed by atoms with E-state index in [1.165, 1.54) is 0 Å². The number of nitrogens with one attached hydrogen (secondary N) is 4. The highest BCUT2D eigenvalue weighted by Crippen LogP contribution is 2.14. The third kappa shape index (κ3) is 11.7. The van der Waals surface area contributed by atoms with Gasteiger partial charge in [0.2, 0.25) is 23.6 Å². The molecule has 2 atom stereocenters. The summed E-state index contributed by atoms with van der Waals surface area (Å²) < 4.78 is 5.54. The predicted molar refractivity (Wildman–Crippen MR) is 185 cm³/mol. The largest absolute Gasteiger partial charge is 0.494 e. The molecule has 0 aliphatic carbocycles. The Labute approximate surface area is 281 Å². The second-order valence-corrected chi connectivity index (χ2v) is 11.3. The van der Waals surface area contributed by atoms with Crippen molar-refractivity contribution in [2.24, 2.45) is 5.73 Å². The summed E-state index contributed by atoms with van der Waals surface area (Å²) in [7, 11) is 0. The third-order valence-electron chi connectivity index (χ3n) is 7.62. The number of rotatable bonds is 17. The molecule has 48 heavy (non-hydrogen) atoms. The topological polar surface area (TPSA) is 152 Å². The van der Waals surface area contributed by atoms with Gasteiger partial charge < -0.3 is 31.7 Å². The third-order valence-corrected chi connectivity index (χ3v) is 7.62. The van der Waals surface area contributed by atoms with E-state index in [1.807, 2.05) is 104 Å². The molecule has 2 unspecified atom stereocenters. The van der Waals surface area contributed by atoms with Crippen molar-refractivity contribution in [3.05, 3.63) is 137 Å². The predicted octanol–water partition coefficient (Wildman–Crippen LogP) is 2.97. The maximum absolute atomic E-state index is 13.9. The van der Waals surface area contributed by atoms with Crippen molar-refractivity contribution in [1.29, 1.82) is 0 Å². The number of hydrogen-bond donors (Lipinski definition) is 5. The molecule has 0 fully saturated rings. The molecule has 250 valence electrons. The normalized spacial score (nSPS) is 11.9. The van der Waals surface area contributed by atoms with Crippen LogP contribution >= 0.6 is 0 Å². The maximum Gasteiger partial charge on any atom is 0.243 e. The Bertz CT molecular complexity index is 1610. The number of ether oxygens (including phenoxy) is 1. The summed E-state index contributed by atoms with van der Waals surface area (Å²) in [5.41, 5.74) is 10.0. The van der Waals surface area contributed by atoms with E-state index in [1.54, 1.807) is 12.1 Å². The van der Waals surface area contributed by atoms with Gasteiger partial charge in [-0.05, 0) is 46.9 Å². The van der Waals surface area contributed by atoms with E-state index >= 15 is 0 Å². The number of carbonyl (C=O) groups is 4. The van der Waals surface area contributed by atoms with Crippen LogP contribution in [0, 0.1) is 0 Å². The highest BCUT2D eigenvalue weighted by atomic mass is 16.5. The molecule has 6 N–H and O–H groups in total. The Morgan fingerprint density at radius 1 is 0.604 bits per heavy atom. The molecule has 4 aromatic carbocycles. The molecule has 4 aromatic rings. The van der Waals surface area contributed by atoms with E-state index in [2.05, 4.69) is 21.3 Å². The zero-order valence-corrected chi connectivity index (χ0v) is 27.1. The minimum atomic E-state index is -1.03. The Morgan fingerprint density at radius 2 is 1.15 bits per heavy atom. The van der Waals surface area contributed by atoms with Crippen LogP contribution in [0.5, 0.6) is 5.75 Å². The molecule has 4 rings (SSSR count). The number of nitrogens with two attached hydrogens (primary N) is 1. The average Bonchev–Trinajstić information content (AvgIpc) is 3.11. The number of benzene rings is 4. The zero-order valence-electron chi connectivity index (χ0n) is 27.1. The van der Waals surface area contributed by atoms with Gasteiger partial charge in [0.05, 0.1) is 19.6 Å². The van der Waals surface area contributed by atoms with Gasteiger partial charge >= 0.3 is 0 Å². The second-order valence-electron chi connectivity index (χ2n) is 11.3. The quantitative estimate of drug-likeness (QED) is 0.119. The summed E-state index contributed by atoms with van der Waals surface area (Å²) in [6, 6.07) is 31.5. The zero-order chi connectivity index (χ0) is 34.1. The lowest BCUT2D eigenvalue weighted by atomic mass is 10.0. The van der Waals surface area contributed by atoms with Crippen molar-refractivity contribution in [2.75, 3.05) is 13.2 Å².